The number of likely N-dealkylation sites (tertiary alicyclic amines) is 1. The summed E-state index contributed by atoms with van der Waals surface area (Å²) in [6.07, 6.45) is 2.20. The number of nitrogens with zero attached hydrogens (tertiary/aromatic N) is 1. The number of benzene rings is 1. The van der Waals surface area contributed by atoms with E-state index in [-0.39, 0.29) is 11.9 Å². The molecule has 0 saturated carbocycles. The summed E-state index contributed by atoms with van der Waals surface area (Å²) in [5, 5.41) is 4.11. The van der Waals surface area contributed by atoms with E-state index in [1.54, 1.807) is 7.11 Å². The number of rotatable bonds is 7. The van der Waals surface area contributed by atoms with Gasteiger partial charge in [0.1, 0.15) is 12.4 Å². The fraction of sp³-hybridized carbons (Fsp3) is 0.500. The van der Waals surface area contributed by atoms with Gasteiger partial charge in [-0.3, -0.25) is 14.5 Å². The van der Waals surface area contributed by atoms with Crippen molar-refractivity contribution >= 4 is 33.3 Å². The van der Waals surface area contributed by atoms with Crippen LogP contribution in [0.5, 0.6) is 5.75 Å². The Morgan fingerprint density at radius 3 is 3.00 bits per heavy atom. The van der Waals surface area contributed by atoms with Gasteiger partial charge in [0.25, 0.3) is 5.91 Å². The minimum Gasteiger partial charge on any atom is -0.495 e. The van der Waals surface area contributed by atoms with Gasteiger partial charge in [0.05, 0.1) is 16.7 Å². The van der Waals surface area contributed by atoms with Crippen LogP contribution in [0, 0.1) is 5.92 Å². The number of amides is 1. The minimum atomic E-state index is -0.240. The van der Waals surface area contributed by atoms with Crippen LogP contribution in [0.4, 0.5) is 0 Å². The van der Waals surface area contributed by atoms with Crippen molar-refractivity contribution in [1.82, 2.24) is 10.2 Å². The predicted octanol–water partition coefficient (Wildman–Crippen LogP) is 2.91. The van der Waals surface area contributed by atoms with Crippen LogP contribution in [0.3, 0.4) is 0 Å². The number of ether oxygens (including phenoxy) is 2. The number of hydrogen-bond acceptors (Lipinski definition) is 6. The van der Waals surface area contributed by atoms with Gasteiger partial charge >= 0.3 is 5.97 Å². The van der Waals surface area contributed by atoms with E-state index in [1.165, 1.54) is 18.3 Å². The van der Waals surface area contributed by atoms with E-state index >= 15 is 0 Å². The molecule has 27 heavy (non-hydrogen) atoms. The van der Waals surface area contributed by atoms with Crippen molar-refractivity contribution < 1.29 is 19.1 Å². The van der Waals surface area contributed by atoms with Gasteiger partial charge in [-0.2, -0.15) is 0 Å². The molecule has 6 nitrogen and oxygen atoms in total. The van der Waals surface area contributed by atoms with E-state index in [0.717, 1.165) is 48.3 Å². The second-order valence-corrected chi connectivity index (χ2v) is 7.90. The fourth-order valence-electron chi connectivity index (χ4n) is 3.47. The first-order chi connectivity index (χ1) is 13.1. The molecule has 3 rings (SSSR count). The molecule has 0 aliphatic carbocycles. The lowest BCUT2D eigenvalue weighted by Gasteiger charge is -2.32. The Morgan fingerprint density at radius 2 is 2.22 bits per heavy atom. The Labute approximate surface area is 163 Å². The Bertz CT molecular complexity index is 804. The number of carbonyl (C=O) groups excluding carboxylic acids is 2. The first kappa shape index (κ1) is 19.6. The number of piperidine rings is 1. The van der Waals surface area contributed by atoms with Crippen molar-refractivity contribution in [1.29, 1.82) is 0 Å². The summed E-state index contributed by atoms with van der Waals surface area (Å²) in [5.74, 6) is 0.947. The van der Waals surface area contributed by atoms with Gasteiger partial charge in [-0.25, -0.2) is 0 Å². The number of fused-ring (bicyclic) bond motifs is 1. The quantitative estimate of drug-likeness (QED) is 0.737. The minimum absolute atomic E-state index is 0.0321. The highest BCUT2D eigenvalue weighted by molar-refractivity contribution is 7.21. The molecule has 0 unspecified atom stereocenters. The average molecular weight is 391 g/mol. The van der Waals surface area contributed by atoms with Gasteiger partial charge in [0, 0.05) is 26.6 Å². The van der Waals surface area contributed by atoms with E-state index in [0.29, 0.717) is 23.9 Å². The molecule has 1 N–H and O–H groups in total. The third-order valence-electron chi connectivity index (χ3n) is 4.82. The molecule has 1 fully saturated rings. The van der Waals surface area contributed by atoms with Crippen LogP contribution in [-0.4, -0.2) is 56.7 Å². The highest BCUT2D eigenvalue weighted by atomic mass is 32.1. The van der Waals surface area contributed by atoms with Gasteiger partial charge in [0.15, 0.2) is 0 Å². The second-order valence-electron chi connectivity index (χ2n) is 6.85. The van der Waals surface area contributed by atoms with Crippen LogP contribution in [0.2, 0.25) is 0 Å². The van der Waals surface area contributed by atoms with Gasteiger partial charge in [-0.15, -0.1) is 11.3 Å². The van der Waals surface area contributed by atoms with E-state index < -0.39 is 0 Å². The zero-order chi connectivity index (χ0) is 19.2. The van der Waals surface area contributed by atoms with E-state index in [9.17, 15) is 9.59 Å². The normalized spacial score (nSPS) is 17.6. The predicted molar refractivity (Wildman–Crippen MR) is 107 cm³/mol. The monoisotopic (exact) mass is 390 g/mol. The van der Waals surface area contributed by atoms with Crippen LogP contribution in [0.15, 0.2) is 24.3 Å². The largest absolute Gasteiger partial charge is 0.495 e. The zero-order valence-electron chi connectivity index (χ0n) is 15.8. The smallest absolute Gasteiger partial charge is 0.302 e. The van der Waals surface area contributed by atoms with Crippen molar-refractivity contribution in [2.45, 2.75) is 19.8 Å². The third kappa shape index (κ3) is 5.20. The van der Waals surface area contributed by atoms with Crippen LogP contribution in [0.1, 0.15) is 29.4 Å². The van der Waals surface area contributed by atoms with Crippen molar-refractivity contribution in [2.75, 3.05) is 39.9 Å². The standard InChI is InChI=1S/C20H26N2O4S/c1-14(23)26-10-9-22-8-4-5-15(13-22)12-21-20(24)18-11-16-6-3-7-17(25-2)19(16)27-18/h3,6-7,11,15H,4-5,8-10,12-13H2,1-2H3,(H,21,24)/t15-/m0/s1. The third-order valence-corrected chi connectivity index (χ3v) is 5.98. The van der Waals surface area contributed by atoms with Crippen LogP contribution in [0.25, 0.3) is 10.1 Å². The number of carbonyl (C=O) groups is 2. The highest BCUT2D eigenvalue weighted by Gasteiger charge is 2.21. The van der Waals surface area contributed by atoms with Crippen LogP contribution in [-0.2, 0) is 9.53 Å². The maximum atomic E-state index is 12.6. The molecular formula is C20H26N2O4S. The first-order valence-electron chi connectivity index (χ1n) is 9.27. The van der Waals surface area contributed by atoms with Crippen molar-refractivity contribution in [3.8, 4) is 5.75 Å². The molecule has 0 spiro atoms. The fourth-order valence-corrected chi connectivity index (χ4v) is 4.54. The zero-order valence-corrected chi connectivity index (χ0v) is 16.6. The summed E-state index contributed by atoms with van der Waals surface area (Å²) >= 11 is 1.46. The molecule has 1 saturated heterocycles. The van der Waals surface area contributed by atoms with E-state index in [1.807, 2.05) is 24.3 Å². The summed E-state index contributed by atoms with van der Waals surface area (Å²) < 4.78 is 11.4. The topological polar surface area (TPSA) is 67.9 Å². The molecular weight excluding hydrogens is 364 g/mol. The molecule has 0 bridgehead atoms. The summed E-state index contributed by atoms with van der Waals surface area (Å²) in [6.45, 7) is 5.20. The molecule has 1 aromatic heterocycles. The van der Waals surface area contributed by atoms with Gasteiger partial charge < -0.3 is 14.8 Å². The van der Waals surface area contributed by atoms with Gasteiger partial charge in [0.2, 0.25) is 0 Å². The van der Waals surface area contributed by atoms with Crippen molar-refractivity contribution in [3.63, 3.8) is 0 Å². The Hall–Kier alpha value is -2.12. The van der Waals surface area contributed by atoms with Crippen molar-refractivity contribution in [3.05, 3.63) is 29.1 Å². The lowest BCUT2D eigenvalue weighted by atomic mass is 9.98. The lowest BCUT2D eigenvalue weighted by molar-refractivity contribution is -0.141. The summed E-state index contributed by atoms with van der Waals surface area (Å²) in [4.78, 5) is 26.4. The summed E-state index contributed by atoms with van der Waals surface area (Å²) in [5.41, 5.74) is 0. The number of thiophene rings is 1. The summed E-state index contributed by atoms with van der Waals surface area (Å²) in [7, 11) is 1.64. The molecule has 1 aliphatic heterocycles. The Balaban J connectivity index is 1.52. The lowest BCUT2D eigenvalue weighted by Crippen LogP contribution is -2.42. The molecule has 0 radical (unpaired) electrons. The molecule has 2 heterocycles. The second kappa shape index (κ2) is 9.19. The summed E-state index contributed by atoms with van der Waals surface area (Å²) in [6, 6.07) is 7.76. The maximum Gasteiger partial charge on any atom is 0.302 e. The maximum absolute atomic E-state index is 12.6. The van der Waals surface area contributed by atoms with Crippen molar-refractivity contribution in [2.24, 2.45) is 5.92 Å². The molecule has 1 amide bonds. The van der Waals surface area contributed by atoms with E-state index in [4.69, 9.17) is 9.47 Å². The molecule has 1 aromatic carbocycles. The van der Waals surface area contributed by atoms with Crippen LogP contribution < -0.4 is 10.1 Å². The first-order valence-corrected chi connectivity index (χ1v) is 10.1. The van der Waals surface area contributed by atoms with Gasteiger partial charge in [-0.05, 0) is 42.8 Å². The molecule has 7 heteroatoms. The molecule has 1 aliphatic rings. The highest BCUT2D eigenvalue weighted by Crippen LogP contribution is 2.33. The SMILES string of the molecule is COc1cccc2cc(C(=O)NC[C@@H]3CCCN(CCOC(C)=O)C3)sc12. The number of hydrogen-bond donors (Lipinski definition) is 1. The number of methoxy groups -OCH3 is 1. The Morgan fingerprint density at radius 1 is 1.37 bits per heavy atom. The Kier molecular flexibility index (Phi) is 6.68. The van der Waals surface area contributed by atoms with Crippen LogP contribution >= 0.6 is 11.3 Å². The van der Waals surface area contributed by atoms with Gasteiger partial charge in [-0.1, -0.05) is 12.1 Å². The molecule has 1 atom stereocenters. The number of nitrogens with one attached hydrogen (secondary N) is 1. The number of esters is 1. The molecule has 2 aromatic rings. The average Bonchev–Trinajstić information content (AvgIpc) is 3.10. The molecule has 146 valence electrons. The van der Waals surface area contributed by atoms with E-state index in [2.05, 4.69) is 10.2 Å².